The summed E-state index contributed by atoms with van der Waals surface area (Å²) in [5, 5.41) is 2.68. The van der Waals surface area contributed by atoms with E-state index < -0.39 is 11.8 Å². The molecule has 0 bridgehead atoms. The molecule has 0 radical (unpaired) electrons. The number of anilines is 1. The van der Waals surface area contributed by atoms with Crippen molar-refractivity contribution in [2.24, 2.45) is 0 Å². The van der Waals surface area contributed by atoms with Gasteiger partial charge in [0.25, 0.3) is 0 Å². The molecule has 2 heterocycles. The zero-order chi connectivity index (χ0) is 21.5. The van der Waals surface area contributed by atoms with Gasteiger partial charge in [-0.3, -0.25) is 19.2 Å². The Labute approximate surface area is 176 Å². The molecule has 2 saturated heterocycles. The minimum absolute atomic E-state index is 0.00539. The van der Waals surface area contributed by atoms with Crippen molar-refractivity contribution < 1.29 is 19.2 Å². The van der Waals surface area contributed by atoms with Crippen molar-refractivity contribution in [1.29, 1.82) is 0 Å². The van der Waals surface area contributed by atoms with Gasteiger partial charge in [0.15, 0.2) is 0 Å². The van der Waals surface area contributed by atoms with Gasteiger partial charge in [0, 0.05) is 64.5 Å². The van der Waals surface area contributed by atoms with Gasteiger partial charge in [-0.1, -0.05) is 18.2 Å². The van der Waals surface area contributed by atoms with Gasteiger partial charge in [0.05, 0.1) is 0 Å². The second-order valence-electron chi connectivity index (χ2n) is 7.41. The molecular formula is C21H29N5O4. The highest BCUT2D eigenvalue weighted by molar-refractivity contribution is 6.35. The molecule has 0 spiro atoms. The summed E-state index contributed by atoms with van der Waals surface area (Å²) in [4.78, 5) is 55.2. The van der Waals surface area contributed by atoms with Gasteiger partial charge in [-0.15, -0.1) is 0 Å². The SMILES string of the molecule is CCN1CCN(CC(=O)NCCC(=O)N2CCN(c3ccccc3)CC2)C(=O)C1=O. The number of hydrogen-bond acceptors (Lipinski definition) is 5. The Kier molecular flexibility index (Phi) is 7.26. The third kappa shape index (κ3) is 5.28. The number of amides is 4. The van der Waals surface area contributed by atoms with Crippen molar-refractivity contribution in [3.63, 3.8) is 0 Å². The molecule has 30 heavy (non-hydrogen) atoms. The number of rotatable bonds is 7. The number of para-hydroxylation sites is 1. The van der Waals surface area contributed by atoms with Gasteiger partial charge >= 0.3 is 11.8 Å². The van der Waals surface area contributed by atoms with Crippen molar-refractivity contribution in [3.05, 3.63) is 30.3 Å². The summed E-state index contributed by atoms with van der Waals surface area (Å²) in [6.45, 7) is 5.99. The molecule has 1 aromatic carbocycles. The molecule has 2 fully saturated rings. The normalized spacial score (nSPS) is 17.4. The maximum absolute atomic E-state index is 12.4. The lowest BCUT2D eigenvalue weighted by Gasteiger charge is -2.36. The predicted molar refractivity (Wildman–Crippen MR) is 112 cm³/mol. The first-order chi connectivity index (χ1) is 14.5. The van der Waals surface area contributed by atoms with Gasteiger partial charge in [0.2, 0.25) is 11.8 Å². The van der Waals surface area contributed by atoms with E-state index in [0.717, 1.165) is 18.8 Å². The molecule has 2 aliphatic heterocycles. The number of nitrogens with zero attached hydrogens (tertiary/aromatic N) is 4. The third-order valence-electron chi connectivity index (χ3n) is 5.53. The van der Waals surface area contributed by atoms with Crippen LogP contribution in [0.5, 0.6) is 0 Å². The van der Waals surface area contributed by atoms with Crippen LogP contribution >= 0.6 is 0 Å². The third-order valence-corrected chi connectivity index (χ3v) is 5.53. The van der Waals surface area contributed by atoms with Crippen molar-refractivity contribution >= 4 is 29.3 Å². The molecule has 162 valence electrons. The van der Waals surface area contributed by atoms with Crippen LogP contribution in [0.25, 0.3) is 0 Å². The Hall–Kier alpha value is -3.10. The van der Waals surface area contributed by atoms with E-state index in [9.17, 15) is 19.2 Å². The lowest BCUT2D eigenvalue weighted by molar-refractivity contribution is -0.156. The van der Waals surface area contributed by atoms with Gasteiger partial charge in [-0.25, -0.2) is 0 Å². The van der Waals surface area contributed by atoms with E-state index in [1.54, 1.807) is 0 Å². The standard InChI is InChI=1S/C21H29N5O4/c1-2-23-10-15-26(21(30)20(23)29)16-18(27)22-9-8-19(28)25-13-11-24(12-14-25)17-6-4-3-5-7-17/h3-7H,2,8-16H2,1H3,(H,22,27). The number of carbonyl (C=O) groups excluding carboxylic acids is 4. The van der Waals surface area contributed by atoms with Gasteiger partial charge < -0.3 is 24.9 Å². The van der Waals surface area contributed by atoms with Crippen LogP contribution in [0.1, 0.15) is 13.3 Å². The van der Waals surface area contributed by atoms with Crippen LogP contribution < -0.4 is 10.2 Å². The summed E-state index contributed by atoms with van der Waals surface area (Å²) in [5.41, 5.74) is 1.16. The van der Waals surface area contributed by atoms with Gasteiger partial charge in [0.1, 0.15) is 6.54 Å². The fourth-order valence-electron chi connectivity index (χ4n) is 3.72. The first-order valence-corrected chi connectivity index (χ1v) is 10.4. The number of carbonyl (C=O) groups is 4. The molecule has 0 atom stereocenters. The number of hydrogen-bond donors (Lipinski definition) is 1. The first-order valence-electron chi connectivity index (χ1n) is 10.4. The molecule has 9 heteroatoms. The van der Waals surface area contributed by atoms with E-state index >= 15 is 0 Å². The molecule has 2 aliphatic rings. The van der Waals surface area contributed by atoms with Crippen molar-refractivity contribution in [1.82, 2.24) is 20.0 Å². The first kappa shape index (κ1) is 21.6. The smallest absolute Gasteiger partial charge is 0.312 e. The van der Waals surface area contributed by atoms with Crippen LogP contribution in [0.3, 0.4) is 0 Å². The average molecular weight is 415 g/mol. The largest absolute Gasteiger partial charge is 0.368 e. The molecule has 0 aromatic heterocycles. The summed E-state index contributed by atoms with van der Waals surface area (Å²) >= 11 is 0. The van der Waals surface area contributed by atoms with E-state index in [-0.39, 0.29) is 31.3 Å². The zero-order valence-electron chi connectivity index (χ0n) is 17.4. The highest BCUT2D eigenvalue weighted by Crippen LogP contribution is 2.15. The monoisotopic (exact) mass is 415 g/mol. The topological polar surface area (TPSA) is 93.3 Å². The molecular weight excluding hydrogens is 386 g/mol. The Bertz CT molecular complexity index is 777. The second kappa shape index (κ2) is 10.1. The van der Waals surface area contributed by atoms with Crippen LogP contribution in [-0.4, -0.2) is 97.2 Å². The highest BCUT2D eigenvalue weighted by Gasteiger charge is 2.32. The van der Waals surface area contributed by atoms with Gasteiger partial charge in [-0.05, 0) is 19.1 Å². The zero-order valence-corrected chi connectivity index (χ0v) is 17.4. The Balaban J connectivity index is 1.35. The van der Waals surface area contributed by atoms with Crippen LogP contribution in [0, 0.1) is 0 Å². The highest BCUT2D eigenvalue weighted by atomic mass is 16.2. The molecule has 1 N–H and O–H groups in total. The van der Waals surface area contributed by atoms with E-state index in [4.69, 9.17) is 0 Å². The molecule has 0 unspecified atom stereocenters. The fourth-order valence-corrected chi connectivity index (χ4v) is 3.72. The number of benzene rings is 1. The molecule has 0 aliphatic carbocycles. The lowest BCUT2D eigenvalue weighted by Crippen LogP contribution is -2.56. The van der Waals surface area contributed by atoms with Crippen molar-refractivity contribution in [2.45, 2.75) is 13.3 Å². The van der Waals surface area contributed by atoms with Crippen LogP contribution in [0.15, 0.2) is 30.3 Å². The van der Waals surface area contributed by atoms with Crippen LogP contribution in [0.2, 0.25) is 0 Å². The van der Waals surface area contributed by atoms with Crippen LogP contribution in [-0.2, 0) is 19.2 Å². The number of nitrogens with one attached hydrogen (secondary N) is 1. The molecule has 0 saturated carbocycles. The van der Waals surface area contributed by atoms with Gasteiger partial charge in [-0.2, -0.15) is 0 Å². The number of piperazine rings is 2. The quantitative estimate of drug-likeness (QED) is 0.608. The van der Waals surface area contributed by atoms with Crippen LogP contribution in [0.4, 0.5) is 5.69 Å². The van der Waals surface area contributed by atoms with E-state index in [1.165, 1.54) is 9.80 Å². The fraction of sp³-hybridized carbons (Fsp3) is 0.524. The number of likely N-dealkylation sites (N-methyl/N-ethyl adjacent to an activating group) is 1. The maximum Gasteiger partial charge on any atom is 0.312 e. The summed E-state index contributed by atoms with van der Waals surface area (Å²) in [6, 6.07) is 10.1. The molecule has 9 nitrogen and oxygen atoms in total. The van der Waals surface area contributed by atoms with E-state index in [0.29, 0.717) is 32.7 Å². The predicted octanol–water partition coefficient (Wildman–Crippen LogP) is -0.468. The second-order valence-corrected chi connectivity index (χ2v) is 7.41. The van der Waals surface area contributed by atoms with E-state index in [1.807, 2.05) is 30.0 Å². The summed E-state index contributed by atoms with van der Waals surface area (Å²) in [6.07, 6.45) is 0.216. The summed E-state index contributed by atoms with van der Waals surface area (Å²) in [7, 11) is 0. The van der Waals surface area contributed by atoms with Crippen molar-refractivity contribution in [2.75, 3.05) is 63.8 Å². The average Bonchev–Trinajstić information content (AvgIpc) is 2.78. The van der Waals surface area contributed by atoms with Crippen molar-refractivity contribution in [3.8, 4) is 0 Å². The molecule has 1 aromatic rings. The Morgan fingerprint density at radius 3 is 2.20 bits per heavy atom. The maximum atomic E-state index is 12.4. The molecule has 3 rings (SSSR count). The Morgan fingerprint density at radius 2 is 1.53 bits per heavy atom. The lowest BCUT2D eigenvalue weighted by atomic mass is 10.2. The molecule has 4 amide bonds. The van der Waals surface area contributed by atoms with E-state index in [2.05, 4.69) is 22.3 Å². The Morgan fingerprint density at radius 1 is 0.900 bits per heavy atom. The minimum Gasteiger partial charge on any atom is -0.368 e. The minimum atomic E-state index is -0.648. The summed E-state index contributed by atoms with van der Waals surface area (Å²) in [5.74, 6) is -1.57. The summed E-state index contributed by atoms with van der Waals surface area (Å²) < 4.78 is 0.